The molecular formula is C16H26ClNO3. The lowest BCUT2D eigenvalue weighted by Gasteiger charge is -2.14. The quantitative estimate of drug-likeness (QED) is 0.448. The van der Waals surface area contributed by atoms with Gasteiger partial charge in [-0.15, -0.1) is 0 Å². The van der Waals surface area contributed by atoms with Crippen LogP contribution in [0.4, 0.5) is 0 Å². The van der Waals surface area contributed by atoms with E-state index in [-0.39, 0.29) is 18.4 Å². The van der Waals surface area contributed by atoms with E-state index in [1.54, 1.807) is 24.3 Å². The molecule has 0 unspecified atom stereocenters. The molecule has 0 amide bonds. The molecule has 0 radical (unpaired) electrons. The lowest BCUT2D eigenvalue weighted by Crippen LogP contribution is -3.11. The van der Waals surface area contributed by atoms with Crippen LogP contribution >= 0.6 is 0 Å². The van der Waals surface area contributed by atoms with Crippen LogP contribution < -0.4 is 22.0 Å². The highest BCUT2D eigenvalue weighted by molar-refractivity contribution is 5.89. The van der Waals surface area contributed by atoms with Crippen LogP contribution in [0.3, 0.4) is 0 Å². The Morgan fingerprint density at radius 3 is 2.24 bits per heavy atom. The number of carbonyl (C=O) groups is 1. The smallest absolute Gasteiger partial charge is 0.338 e. The summed E-state index contributed by atoms with van der Waals surface area (Å²) in [5.74, 6) is 0.511. The second kappa shape index (κ2) is 11.4. The molecule has 0 atom stereocenters. The Bertz CT molecular complexity index is 391. The summed E-state index contributed by atoms with van der Waals surface area (Å²) in [5.41, 5.74) is 0.573. The lowest BCUT2D eigenvalue weighted by molar-refractivity contribution is -0.896. The van der Waals surface area contributed by atoms with Crippen LogP contribution in [-0.2, 0) is 4.74 Å². The molecule has 0 aliphatic carbocycles. The average molecular weight is 316 g/mol. The Balaban J connectivity index is 0.00000400. The zero-order valence-electron chi connectivity index (χ0n) is 13.2. The molecule has 0 saturated carbocycles. The van der Waals surface area contributed by atoms with E-state index in [0.29, 0.717) is 18.8 Å². The summed E-state index contributed by atoms with van der Waals surface area (Å²) in [6.07, 6.45) is 0.903. The first kappa shape index (κ1) is 19.7. The molecule has 120 valence electrons. The van der Waals surface area contributed by atoms with Gasteiger partial charge in [0, 0.05) is 6.42 Å². The molecule has 1 aromatic rings. The standard InChI is InChI=1S/C16H25NO3.ClH/c1-4-17(5-2)12-7-13-20-16(18)14-8-10-15(11-9-14)19-6-3;/h8-11H,4-7,12-13H2,1-3H3;1H. The van der Waals surface area contributed by atoms with Gasteiger partial charge in [-0.05, 0) is 45.0 Å². The van der Waals surface area contributed by atoms with Gasteiger partial charge in [0.1, 0.15) is 5.75 Å². The SMILES string of the molecule is CCOc1ccc(C(=O)OCCC[NH+](CC)CC)cc1.[Cl-]. The third kappa shape index (κ3) is 7.34. The van der Waals surface area contributed by atoms with E-state index < -0.39 is 0 Å². The van der Waals surface area contributed by atoms with Crippen molar-refractivity contribution in [2.45, 2.75) is 27.2 Å². The minimum absolute atomic E-state index is 0. The van der Waals surface area contributed by atoms with Gasteiger partial charge in [0.25, 0.3) is 0 Å². The Hall–Kier alpha value is -1.26. The summed E-state index contributed by atoms with van der Waals surface area (Å²) in [7, 11) is 0. The Labute approximate surface area is 133 Å². The first-order valence-corrected chi connectivity index (χ1v) is 7.44. The summed E-state index contributed by atoms with van der Waals surface area (Å²) in [6, 6.07) is 7.06. The predicted molar refractivity (Wildman–Crippen MR) is 79.4 cm³/mol. The fourth-order valence-corrected chi connectivity index (χ4v) is 2.03. The monoisotopic (exact) mass is 315 g/mol. The van der Waals surface area contributed by atoms with Gasteiger partial charge in [0.2, 0.25) is 0 Å². The number of hydrogen-bond donors (Lipinski definition) is 1. The van der Waals surface area contributed by atoms with Crippen LogP contribution in [0.5, 0.6) is 5.75 Å². The van der Waals surface area contributed by atoms with Crippen LogP contribution in [0, 0.1) is 0 Å². The van der Waals surface area contributed by atoms with E-state index in [4.69, 9.17) is 9.47 Å². The molecule has 0 heterocycles. The van der Waals surface area contributed by atoms with E-state index >= 15 is 0 Å². The van der Waals surface area contributed by atoms with Crippen molar-refractivity contribution in [3.8, 4) is 5.75 Å². The van der Waals surface area contributed by atoms with Crippen molar-refractivity contribution in [3.63, 3.8) is 0 Å². The molecule has 1 N–H and O–H groups in total. The zero-order chi connectivity index (χ0) is 14.8. The van der Waals surface area contributed by atoms with E-state index in [0.717, 1.165) is 31.8 Å². The number of ether oxygens (including phenoxy) is 2. The molecule has 4 nitrogen and oxygen atoms in total. The van der Waals surface area contributed by atoms with Gasteiger partial charge in [-0.3, -0.25) is 0 Å². The third-order valence-electron chi connectivity index (χ3n) is 3.31. The Morgan fingerprint density at radius 2 is 1.71 bits per heavy atom. The molecular weight excluding hydrogens is 290 g/mol. The predicted octanol–water partition coefficient (Wildman–Crippen LogP) is -1.44. The molecule has 0 aliphatic heterocycles. The van der Waals surface area contributed by atoms with E-state index in [1.807, 2.05) is 6.92 Å². The van der Waals surface area contributed by atoms with Gasteiger partial charge in [-0.2, -0.15) is 0 Å². The number of hydrogen-bond acceptors (Lipinski definition) is 3. The summed E-state index contributed by atoms with van der Waals surface area (Å²) < 4.78 is 10.6. The number of benzene rings is 1. The van der Waals surface area contributed by atoms with Crippen LogP contribution in [0.2, 0.25) is 0 Å². The average Bonchev–Trinajstić information content (AvgIpc) is 2.48. The van der Waals surface area contributed by atoms with Crippen molar-refractivity contribution in [1.29, 1.82) is 0 Å². The Morgan fingerprint density at radius 1 is 1.10 bits per heavy atom. The first-order chi connectivity index (χ1) is 9.71. The number of carbonyl (C=O) groups excluding carboxylic acids is 1. The van der Waals surface area contributed by atoms with Crippen molar-refractivity contribution in [1.82, 2.24) is 0 Å². The van der Waals surface area contributed by atoms with Crippen LogP contribution in [0.15, 0.2) is 24.3 Å². The lowest BCUT2D eigenvalue weighted by atomic mass is 10.2. The van der Waals surface area contributed by atoms with Gasteiger partial charge in [-0.1, -0.05) is 0 Å². The van der Waals surface area contributed by atoms with E-state index in [2.05, 4.69) is 13.8 Å². The number of halogens is 1. The van der Waals surface area contributed by atoms with Gasteiger partial charge < -0.3 is 26.8 Å². The molecule has 0 saturated heterocycles. The maximum atomic E-state index is 11.8. The van der Waals surface area contributed by atoms with Crippen molar-refractivity contribution in [2.24, 2.45) is 0 Å². The molecule has 0 fully saturated rings. The van der Waals surface area contributed by atoms with E-state index in [1.165, 1.54) is 4.90 Å². The molecule has 0 bridgehead atoms. The van der Waals surface area contributed by atoms with Crippen molar-refractivity contribution >= 4 is 5.97 Å². The minimum Gasteiger partial charge on any atom is -1.00 e. The molecule has 1 aromatic carbocycles. The highest BCUT2D eigenvalue weighted by atomic mass is 35.5. The maximum absolute atomic E-state index is 11.8. The minimum atomic E-state index is -0.261. The zero-order valence-corrected chi connectivity index (χ0v) is 13.9. The largest absolute Gasteiger partial charge is 1.00 e. The molecule has 21 heavy (non-hydrogen) atoms. The molecule has 0 spiro atoms. The second-order valence-electron chi connectivity index (χ2n) is 4.65. The third-order valence-corrected chi connectivity index (χ3v) is 3.31. The summed E-state index contributed by atoms with van der Waals surface area (Å²) >= 11 is 0. The summed E-state index contributed by atoms with van der Waals surface area (Å²) in [6.45, 7) is 10.7. The van der Waals surface area contributed by atoms with Crippen LogP contribution in [-0.4, -0.2) is 38.8 Å². The summed E-state index contributed by atoms with van der Waals surface area (Å²) in [5, 5.41) is 0. The van der Waals surface area contributed by atoms with Crippen molar-refractivity contribution < 1.29 is 31.6 Å². The van der Waals surface area contributed by atoms with Gasteiger partial charge in [0.05, 0.1) is 38.4 Å². The second-order valence-corrected chi connectivity index (χ2v) is 4.65. The normalized spacial score (nSPS) is 10.1. The topological polar surface area (TPSA) is 40.0 Å². The number of esters is 1. The fraction of sp³-hybridized carbons (Fsp3) is 0.562. The van der Waals surface area contributed by atoms with Gasteiger partial charge >= 0.3 is 5.97 Å². The van der Waals surface area contributed by atoms with Gasteiger partial charge in [-0.25, -0.2) is 4.79 Å². The highest BCUT2D eigenvalue weighted by Gasteiger charge is 2.08. The first-order valence-electron chi connectivity index (χ1n) is 7.44. The molecule has 0 aliphatic rings. The molecule has 0 aromatic heterocycles. The van der Waals surface area contributed by atoms with Crippen molar-refractivity contribution in [3.05, 3.63) is 29.8 Å². The Kier molecular flexibility index (Phi) is 10.7. The highest BCUT2D eigenvalue weighted by Crippen LogP contribution is 2.12. The van der Waals surface area contributed by atoms with Crippen LogP contribution in [0.25, 0.3) is 0 Å². The summed E-state index contributed by atoms with van der Waals surface area (Å²) in [4.78, 5) is 13.4. The van der Waals surface area contributed by atoms with Crippen LogP contribution in [0.1, 0.15) is 37.6 Å². The van der Waals surface area contributed by atoms with E-state index in [9.17, 15) is 4.79 Å². The van der Waals surface area contributed by atoms with Gasteiger partial charge in [0.15, 0.2) is 0 Å². The maximum Gasteiger partial charge on any atom is 0.338 e. The van der Waals surface area contributed by atoms with Crippen molar-refractivity contribution in [2.75, 3.05) is 32.8 Å². The molecule has 1 rings (SSSR count). The fourth-order valence-electron chi connectivity index (χ4n) is 2.03. The molecule has 5 heteroatoms. The number of nitrogens with one attached hydrogen (secondary N) is 1. The number of rotatable bonds is 9. The number of quaternary nitrogens is 1.